The largest absolute Gasteiger partial charge is 0.347 e. The van der Waals surface area contributed by atoms with Gasteiger partial charge in [0.15, 0.2) is 0 Å². The number of hydrogen-bond acceptors (Lipinski definition) is 4. The van der Waals surface area contributed by atoms with Crippen molar-refractivity contribution in [3.63, 3.8) is 0 Å². The minimum Gasteiger partial charge on any atom is -0.347 e. The fraction of sp³-hybridized carbons (Fsp3) is 0.444. The number of benzene rings is 1. The number of aromatic nitrogens is 1. The van der Waals surface area contributed by atoms with Gasteiger partial charge >= 0.3 is 0 Å². The van der Waals surface area contributed by atoms with Crippen molar-refractivity contribution in [2.75, 3.05) is 13.1 Å². The summed E-state index contributed by atoms with van der Waals surface area (Å²) in [5.74, 6) is 0.208. The van der Waals surface area contributed by atoms with E-state index in [4.69, 9.17) is 0 Å². The Kier molecular flexibility index (Phi) is 4.10. The first-order valence-corrected chi connectivity index (χ1v) is 9.20. The van der Waals surface area contributed by atoms with E-state index in [2.05, 4.69) is 22.1 Å². The van der Waals surface area contributed by atoms with E-state index in [1.165, 1.54) is 23.5 Å². The maximum atomic E-state index is 13.3. The van der Waals surface area contributed by atoms with Crippen molar-refractivity contribution in [1.29, 1.82) is 0 Å². The van der Waals surface area contributed by atoms with Crippen molar-refractivity contribution < 1.29 is 9.18 Å². The van der Waals surface area contributed by atoms with Gasteiger partial charge in [-0.25, -0.2) is 9.37 Å². The normalized spacial score (nSPS) is 28.8. The van der Waals surface area contributed by atoms with Crippen molar-refractivity contribution in [3.8, 4) is 10.6 Å². The van der Waals surface area contributed by atoms with Crippen molar-refractivity contribution in [1.82, 2.24) is 15.2 Å². The highest BCUT2D eigenvalue weighted by Crippen LogP contribution is 2.33. The molecule has 0 aliphatic carbocycles. The van der Waals surface area contributed by atoms with E-state index >= 15 is 0 Å². The molecule has 24 heavy (non-hydrogen) atoms. The van der Waals surface area contributed by atoms with E-state index in [0.29, 0.717) is 27.4 Å². The van der Waals surface area contributed by atoms with Gasteiger partial charge in [0.05, 0.1) is 6.20 Å². The van der Waals surface area contributed by atoms with Crippen LogP contribution >= 0.6 is 11.3 Å². The Morgan fingerprint density at radius 1 is 1.38 bits per heavy atom. The summed E-state index contributed by atoms with van der Waals surface area (Å²) in [7, 11) is 0. The Bertz CT molecular complexity index is 752. The highest BCUT2D eigenvalue weighted by Gasteiger charge is 2.40. The molecule has 3 saturated heterocycles. The number of rotatable bonds is 3. The van der Waals surface area contributed by atoms with Gasteiger partial charge in [-0.3, -0.25) is 9.69 Å². The fourth-order valence-corrected chi connectivity index (χ4v) is 4.72. The van der Waals surface area contributed by atoms with Gasteiger partial charge < -0.3 is 5.32 Å². The summed E-state index contributed by atoms with van der Waals surface area (Å²) >= 11 is 1.31. The zero-order valence-corrected chi connectivity index (χ0v) is 14.4. The lowest BCUT2D eigenvalue weighted by Crippen LogP contribution is -2.62. The number of amides is 1. The number of nitrogens with one attached hydrogen (secondary N) is 1. The maximum absolute atomic E-state index is 13.3. The average molecular weight is 345 g/mol. The third-order valence-corrected chi connectivity index (χ3v) is 6.32. The lowest BCUT2D eigenvalue weighted by molar-refractivity contribution is 0.0218. The summed E-state index contributed by atoms with van der Waals surface area (Å²) in [4.78, 5) is 19.9. The van der Waals surface area contributed by atoms with Crippen molar-refractivity contribution in [2.24, 2.45) is 5.92 Å². The summed E-state index contributed by atoms with van der Waals surface area (Å²) in [6.45, 7) is 4.48. The van der Waals surface area contributed by atoms with Gasteiger partial charge in [-0.15, -0.1) is 11.3 Å². The van der Waals surface area contributed by atoms with Gasteiger partial charge in [0.25, 0.3) is 5.91 Å². The zero-order valence-electron chi connectivity index (χ0n) is 13.5. The van der Waals surface area contributed by atoms with Crippen LogP contribution in [-0.4, -0.2) is 41.0 Å². The summed E-state index contributed by atoms with van der Waals surface area (Å²) in [6.07, 6.45) is 3.91. The van der Waals surface area contributed by atoms with Crippen molar-refractivity contribution in [2.45, 2.75) is 31.8 Å². The Labute approximate surface area is 144 Å². The van der Waals surface area contributed by atoms with Crippen LogP contribution < -0.4 is 5.32 Å². The molecular formula is C18H20FN3OS. The zero-order chi connectivity index (χ0) is 16.7. The Hall–Kier alpha value is -1.79. The molecule has 1 aromatic carbocycles. The predicted octanol–water partition coefficient (Wildman–Crippen LogP) is 3.16. The predicted molar refractivity (Wildman–Crippen MR) is 92.5 cm³/mol. The number of carbonyl (C=O) groups is 1. The Balaban J connectivity index is 1.49. The number of fused-ring (bicyclic) bond motifs is 3. The molecule has 126 valence electrons. The van der Waals surface area contributed by atoms with Gasteiger partial charge in [0.2, 0.25) is 0 Å². The molecule has 2 bridgehead atoms. The molecule has 2 aromatic rings. The summed E-state index contributed by atoms with van der Waals surface area (Å²) in [6, 6.07) is 6.90. The minimum absolute atomic E-state index is 0.0687. The van der Waals surface area contributed by atoms with Crippen LogP contribution in [0.5, 0.6) is 0 Å². The van der Waals surface area contributed by atoms with Crippen LogP contribution in [-0.2, 0) is 0 Å². The highest BCUT2D eigenvalue weighted by molar-refractivity contribution is 7.16. The molecule has 0 spiro atoms. The molecule has 3 aliphatic rings. The van der Waals surface area contributed by atoms with E-state index in [0.717, 1.165) is 25.9 Å². The van der Waals surface area contributed by atoms with Crippen LogP contribution in [0, 0.1) is 11.7 Å². The molecule has 1 N–H and O–H groups in total. The number of halogens is 1. The van der Waals surface area contributed by atoms with Crippen molar-refractivity contribution in [3.05, 3.63) is 41.2 Å². The van der Waals surface area contributed by atoms with Crippen LogP contribution in [0.2, 0.25) is 0 Å². The quantitative estimate of drug-likeness (QED) is 0.929. The van der Waals surface area contributed by atoms with Crippen LogP contribution in [0.15, 0.2) is 30.5 Å². The maximum Gasteiger partial charge on any atom is 0.263 e. The molecule has 0 radical (unpaired) electrons. The number of hydrogen-bond donors (Lipinski definition) is 1. The van der Waals surface area contributed by atoms with E-state index < -0.39 is 0 Å². The molecule has 3 aliphatic heterocycles. The number of carbonyl (C=O) groups excluding carboxylic acids is 1. The van der Waals surface area contributed by atoms with Gasteiger partial charge in [-0.1, -0.05) is 12.1 Å². The average Bonchev–Trinajstić information content (AvgIpc) is 3.09. The highest BCUT2D eigenvalue weighted by atomic mass is 32.1. The van der Waals surface area contributed by atoms with Gasteiger partial charge in [-0.2, -0.15) is 0 Å². The molecule has 0 saturated carbocycles. The molecule has 3 fully saturated rings. The molecule has 2 unspecified atom stereocenters. The second-order valence-electron chi connectivity index (χ2n) is 6.65. The first-order chi connectivity index (χ1) is 11.6. The van der Waals surface area contributed by atoms with Crippen LogP contribution in [0.1, 0.15) is 29.4 Å². The third-order valence-electron chi connectivity index (χ3n) is 5.28. The summed E-state index contributed by atoms with van der Waals surface area (Å²) in [5, 5.41) is 3.88. The molecule has 1 aromatic heterocycles. The topological polar surface area (TPSA) is 45.2 Å². The lowest BCUT2D eigenvalue weighted by atomic mass is 9.79. The Morgan fingerprint density at radius 3 is 2.88 bits per heavy atom. The second-order valence-corrected chi connectivity index (χ2v) is 7.68. The molecule has 1 amide bonds. The standard InChI is InChI=1S/C18H20FN3OS/c1-11-16(12-5-7-22(11)8-6-12)21-17(23)15-10-20-18(24-15)13-3-2-4-14(19)9-13/h2-4,9-12,16H,5-8H2,1H3,(H,21,23). The van der Waals surface area contributed by atoms with E-state index in [-0.39, 0.29) is 17.8 Å². The number of thiazole rings is 1. The Morgan fingerprint density at radius 2 is 2.17 bits per heavy atom. The van der Waals surface area contributed by atoms with Crippen LogP contribution in [0.4, 0.5) is 4.39 Å². The molecular weight excluding hydrogens is 325 g/mol. The molecule has 2 atom stereocenters. The van der Waals surface area contributed by atoms with E-state index in [1.54, 1.807) is 18.3 Å². The van der Waals surface area contributed by atoms with Gasteiger partial charge in [-0.05, 0) is 50.9 Å². The van der Waals surface area contributed by atoms with Crippen molar-refractivity contribution >= 4 is 17.2 Å². The lowest BCUT2D eigenvalue weighted by Gasteiger charge is -2.49. The van der Waals surface area contributed by atoms with Gasteiger partial charge in [0.1, 0.15) is 15.7 Å². The smallest absolute Gasteiger partial charge is 0.263 e. The monoisotopic (exact) mass is 345 g/mol. The molecule has 6 heteroatoms. The number of nitrogens with zero attached hydrogens (tertiary/aromatic N) is 2. The minimum atomic E-state index is -0.296. The van der Waals surface area contributed by atoms with Gasteiger partial charge in [0, 0.05) is 17.6 Å². The van der Waals surface area contributed by atoms with E-state index in [9.17, 15) is 9.18 Å². The molecule has 4 heterocycles. The first kappa shape index (κ1) is 15.7. The molecule has 5 rings (SSSR count). The van der Waals surface area contributed by atoms with Crippen LogP contribution in [0.3, 0.4) is 0 Å². The SMILES string of the molecule is CC1C(NC(=O)c2cnc(-c3cccc(F)c3)s2)C2CCN1CC2. The fourth-order valence-electron chi connectivity index (χ4n) is 3.90. The summed E-state index contributed by atoms with van der Waals surface area (Å²) in [5.41, 5.74) is 0.704. The summed E-state index contributed by atoms with van der Waals surface area (Å²) < 4.78 is 13.3. The third kappa shape index (κ3) is 2.84. The van der Waals surface area contributed by atoms with E-state index in [1.807, 2.05) is 0 Å². The second kappa shape index (κ2) is 6.26. The van der Waals surface area contributed by atoms with Crippen LogP contribution in [0.25, 0.3) is 10.6 Å². The molecule has 4 nitrogen and oxygen atoms in total. The number of piperidine rings is 3. The first-order valence-electron chi connectivity index (χ1n) is 8.38.